The molecule has 0 radical (unpaired) electrons. The van der Waals surface area contributed by atoms with Gasteiger partial charge in [-0.3, -0.25) is 4.40 Å². The molecule has 0 fully saturated rings. The van der Waals surface area contributed by atoms with Gasteiger partial charge in [0.2, 0.25) is 0 Å². The topological polar surface area (TPSA) is 86.1 Å². The Morgan fingerprint density at radius 3 is 2.61 bits per heavy atom. The molecule has 0 aliphatic heterocycles. The molecule has 0 spiro atoms. The van der Waals surface area contributed by atoms with Gasteiger partial charge in [0.1, 0.15) is 0 Å². The lowest BCUT2D eigenvalue weighted by molar-refractivity contribution is 0.584. The average Bonchev–Trinajstić information content (AvgIpc) is 3.14. The number of nitrogens with two attached hydrogens (primary N) is 1. The van der Waals surface area contributed by atoms with E-state index >= 15 is 0 Å². The van der Waals surface area contributed by atoms with Crippen molar-refractivity contribution in [2.45, 2.75) is 45.6 Å². The fourth-order valence-corrected chi connectivity index (χ4v) is 2.88. The monoisotopic (exact) mass is 313 g/mol. The lowest BCUT2D eigenvalue weighted by Crippen LogP contribution is -2.20. The van der Waals surface area contributed by atoms with Crippen molar-refractivity contribution >= 4 is 11.5 Å². The van der Waals surface area contributed by atoms with Gasteiger partial charge in [0.15, 0.2) is 11.5 Å². The zero-order valence-electron chi connectivity index (χ0n) is 13.6. The Morgan fingerprint density at radius 1 is 1.17 bits per heavy atom. The van der Waals surface area contributed by atoms with E-state index in [0.29, 0.717) is 6.04 Å². The molecule has 0 aromatic carbocycles. The largest absolute Gasteiger partial charge is 0.364 e. The predicted molar refractivity (Wildman–Crippen MR) is 91.6 cm³/mol. The van der Waals surface area contributed by atoms with Crippen molar-refractivity contribution in [1.29, 1.82) is 0 Å². The minimum Gasteiger partial charge on any atom is -0.364 e. The summed E-state index contributed by atoms with van der Waals surface area (Å²) >= 11 is 0. The van der Waals surface area contributed by atoms with Gasteiger partial charge >= 0.3 is 0 Å². The van der Waals surface area contributed by atoms with Gasteiger partial charge in [-0.2, -0.15) is 9.89 Å². The highest BCUT2D eigenvalue weighted by Gasteiger charge is 2.14. The van der Waals surface area contributed by atoms with E-state index in [0.717, 1.165) is 48.4 Å². The van der Waals surface area contributed by atoms with Crippen LogP contribution in [0.15, 0.2) is 31.0 Å². The van der Waals surface area contributed by atoms with Crippen LogP contribution in [0.25, 0.3) is 16.9 Å². The number of hydrogen-bond acceptors (Lipinski definition) is 5. The molecule has 3 aromatic rings. The molecular weight excluding hydrogens is 290 g/mol. The summed E-state index contributed by atoms with van der Waals surface area (Å²) < 4.78 is 2.02. The molecule has 0 aliphatic carbocycles. The van der Waals surface area contributed by atoms with E-state index in [-0.39, 0.29) is 0 Å². The lowest BCUT2D eigenvalue weighted by atomic mass is 10.1. The van der Waals surface area contributed by atoms with E-state index < -0.39 is 0 Å². The van der Waals surface area contributed by atoms with Gasteiger partial charge in [-0.1, -0.05) is 26.7 Å². The second-order valence-corrected chi connectivity index (χ2v) is 5.74. The van der Waals surface area contributed by atoms with Crippen LogP contribution in [0.4, 0.5) is 5.82 Å². The second-order valence-electron chi connectivity index (χ2n) is 5.74. The number of nitrogens with one attached hydrogen (secondary N) is 1. The molecule has 0 bridgehead atoms. The fourth-order valence-electron chi connectivity index (χ4n) is 2.88. The zero-order chi connectivity index (χ0) is 16.2. The van der Waals surface area contributed by atoms with Crippen molar-refractivity contribution < 1.29 is 0 Å². The summed E-state index contributed by atoms with van der Waals surface area (Å²) in [4.78, 5) is 10.3. The first-order chi connectivity index (χ1) is 11.2. The average molecular weight is 313 g/mol. The van der Waals surface area contributed by atoms with Crippen molar-refractivity contribution in [3.05, 3.63) is 31.0 Å². The summed E-state index contributed by atoms with van der Waals surface area (Å²) in [5.41, 5.74) is 2.70. The third-order valence-electron chi connectivity index (χ3n) is 3.94. The first kappa shape index (κ1) is 15.3. The number of nitrogens with zero attached hydrogens (tertiary/aromatic N) is 5. The summed E-state index contributed by atoms with van der Waals surface area (Å²) in [6.07, 6.45) is 13.6. The van der Waals surface area contributed by atoms with Crippen molar-refractivity contribution in [3.63, 3.8) is 0 Å². The van der Waals surface area contributed by atoms with Crippen LogP contribution in [0.2, 0.25) is 0 Å². The van der Waals surface area contributed by atoms with Gasteiger partial charge in [0.25, 0.3) is 0 Å². The first-order valence-electron chi connectivity index (χ1n) is 8.11. The standard InChI is InChI=1S/C16H23N7/c1-3-5-13(6-4-2)21-15-16-19-10-14(22(16)8-7-18-15)12-9-20-23(17)11-12/h7-11,13H,3-6,17H2,1-2H3,(H,18,21). The lowest BCUT2D eigenvalue weighted by Gasteiger charge is -2.18. The third-order valence-corrected chi connectivity index (χ3v) is 3.94. The summed E-state index contributed by atoms with van der Waals surface area (Å²) in [6, 6.07) is 0.427. The van der Waals surface area contributed by atoms with E-state index in [9.17, 15) is 0 Å². The highest BCUT2D eigenvalue weighted by atomic mass is 15.5. The summed E-state index contributed by atoms with van der Waals surface area (Å²) in [7, 11) is 0. The SMILES string of the molecule is CCCC(CCC)Nc1nccn2c(-c3cnn(N)c3)cnc12. The molecule has 7 heteroatoms. The molecule has 0 aliphatic rings. The second kappa shape index (κ2) is 6.68. The molecule has 3 aromatic heterocycles. The van der Waals surface area contributed by atoms with Crippen LogP contribution in [0.5, 0.6) is 0 Å². The molecule has 0 saturated carbocycles. The number of fused-ring (bicyclic) bond motifs is 1. The van der Waals surface area contributed by atoms with E-state index in [1.807, 2.05) is 16.8 Å². The van der Waals surface area contributed by atoms with Gasteiger partial charge in [-0.15, -0.1) is 0 Å². The van der Waals surface area contributed by atoms with Crippen molar-refractivity contribution in [2.24, 2.45) is 0 Å². The van der Waals surface area contributed by atoms with Gasteiger partial charge in [0, 0.05) is 24.0 Å². The van der Waals surface area contributed by atoms with Crippen LogP contribution < -0.4 is 11.2 Å². The highest BCUT2D eigenvalue weighted by Crippen LogP contribution is 2.23. The summed E-state index contributed by atoms with van der Waals surface area (Å²) in [6.45, 7) is 4.41. The summed E-state index contributed by atoms with van der Waals surface area (Å²) in [5, 5.41) is 7.57. The zero-order valence-corrected chi connectivity index (χ0v) is 13.6. The van der Waals surface area contributed by atoms with Crippen LogP contribution in [0.1, 0.15) is 39.5 Å². The fraction of sp³-hybridized carbons (Fsp3) is 0.438. The molecular formula is C16H23N7. The maximum Gasteiger partial charge on any atom is 0.180 e. The highest BCUT2D eigenvalue weighted by molar-refractivity contribution is 5.70. The van der Waals surface area contributed by atoms with Crippen molar-refractivity contribution in [3.8, 4) is 11.3 Å². The van der Waals surface area contributed by atoms with Crippen molar-refractivity contribution in [1.82, 2.24) is 24.3 Å². The Balaban J connectivity index is 1.95. The van der Waals surface area contributed by atoms with Crippen LogP contribution in [0, 0.1) is 0 Å². The van der Waals surface area contributed by atoms with Gasteiger partial charge < -0.3 is 11.2 Å². The van der Waals surface area contributed by atoms with Gasteiger partial charge in [-0.05, 0) is 12.8 Å². The molecule has 122 valence electrons. The van der Waals surface area contributed by atoms with E-state index in [1.165, 1.54) is 4.79 Å². The van der Waals surface area contributed by atoms with Crippen molar-refractivity contribution in [2.75, 3.05) is 11.2 Å². The van der Waals surface area contributed by atoms with E-state index in [1.54, 1.807) is 18.6 Å². The third kappa shape index (κ3) is 3.13. The van der Waals surface area contributed by atoms with Crippen LogP contribution >= 0.6 is 0 Å². The number of aromatic nitrogens is 5. The number of rotatable bonds is 7. The molecule has 0 saturated heterocycles. The number of nitrogen functional groups attached to an aromatic ring is 1. The Hall–Kier alpha value is -2.57. The van der Waals surface area contributed by atoms with Gasteiger partial charge in [-0.25, -0.2) is 9.97 Å². The summed E-state index contributed by atoms with van der Waals surface area (Å²) in [5.74, 6) is 6.47. The molecule has 0 atom stereocenters. The number of hydrogen-bond donors (Lipinski definition) is 2. The molecule has 7 nitrogen and oxygen atoms in total. The minimum absolute atomic E-state index is 0.427. The quantitative estimate of drug-likeness (QED) is 0.655. The Morgan fingerprint density at radius 2 is 1.96 bits per heavy atom. The molecule has 0 unspecified atom stereocenters. The smallest absolute Gasteiger partial charge is 0.180 e. The number of imidazole rings is 1. The predicted octanol–water partition coefficient (Wildman–Crippen LogP) is 2.69. The first-order valence-corrected chi connectivity index (χ1v) is 8.11. The Kier molecular flexibility index (Phi) is 4.45. The normalized spacial score (nSPS) is 11.4. The molecule has 23 heavy (non-hydrogen) atoms. The van der Waals surface area contributed by atoms with Crippen LogP contribution in [0.3, 0.4) is 0 Å². The molecule has 0 amide bonds. The molecule has 3 heterocycles. The maximum absolute atomic E-state index is 5.64. The minimum atomic E-state index is 0.427. The van der Waals surface area contributed by atoms with E-state index in [2.05, 4.69) is 34.2 Å². The van der Waals surface area contributed by atoms with Crippen LogP contribution in [-0.4, -0.2) is 30.3 Å². The maximum atomic E-state index is 5.64. The van der Waals surface area contributed by atoms with Gasteiger partial charge in [0.05, 0.1) is 24.3 Å². The molecule has 3 rings (SSSR count). The van der Waals surface area contributed by atoms with Crippen LogP contribution in [-0.2, 0) is 0 Å². The Bertz CT molecular complexity index is 768. The van der Waals surface area contributed by atoms with E-state index in [4.69, 9.17) is 5.84 Å². The number of anilines is 1. The molecule has 3 N–H and O–H groups in total. The Labute approximate surface area is 135 Å².